The van der Waals surface area contributed by atoms with E-state index in [4.69, 9.17) is 5.26 Å². The van der Waals surface area contributed by atoms with Gasteiger partial charge < -0.3 is 5.32 Å². The smallest absolute Gasteiger partial charge is 0.258 e. The van der Waals surface area contributed by atoms with E-state index in [2.05, 4.69) is 14.1 Å². The molecule has 2 aromatic carbocycles. The van der Waals surface area contributed by atoms with Crippen LogP contribution >= 0.6 is 11.7 Å². The first kappa shape index (κ1) is 13.1. The molecule has 0 aliphatic carbocycles. The number of hydrogen-bond acceptors (Lipinski definition) is 5. The Morgan fingerprint density at radius 1 is 1.29 bits per heavy atom. The summed E-state index contributed by atoms with van der Waals surface area (Å²) in [6.07, 6.45) is 0. The maximum absolute atomic E-state index is 13.8. The van der Waals surface area contributed by atoms with Gasteiger partial charge in [-0.2, -0.15) is 14.0 Å². The number of nitrogens with one attached hydrogen (secondary N) is 1. The summed E-state index contributed by atoms with van der Waals surface area (Å²) in [5.41, 5.74) is 1.72. The highest BCUT2D eigenvalue weighted by atomic mass is 32.1. The van der Waals surface area contributed by atoms with Gasteiger partial charge in [-0.25, -0.2) is 4.39 Å². The van der Waals surface area contributed by atoms with Crippen LogP contribution in [0.4, 0.5) is 10.1 Å². The van der Waals surface area contributed by atoms with Crippen molar-refractivity contribution in [3.8, 4) is 6.07 Å². The van der Waals surface area contributed by atoms with Crippen LogP contribution in [0.1, 0.15) is 15.9 Å². The minimum atomic E-state index is -0.741. The topological polar surface area (TPSA) is 78.7 Å². The second kappa shape index (κ2) is 5.26. The van der Waals surface area contributed by atoms with E-state index in [1.165, 1.54) is 12.1 Å². The zero-order valence-corrected chi connectivity index (χ0v) is 11.3. The fourth-order valence-corrected chi connectivity index (χ4v) is 2.42. The minimum absolute atomic E-state index is 0.130. The summed E-state index contributed by atoms with van der Waals surface area (Å²) >= 11 is 1.04. The Morgan fingerprint density at radius 2 is 2.14 bits per heavy atom. The lowest BCUT2D eigenvalue weighted by molar-refractivity contribution is 0.102. The van der Waals surface area contributed by atoms with Crippen LogP contribution in [0.2, 0.25) is 0 Å². The number of nitrogens with zero attached hydrogens (tertiary/aromatic N) is 3. The summed E-state index contributed by atoms with van der Waals surface area (Å²) in [5, 5.41) is 11.3. The van der Waals surface area contributed by atoms with Gasteiger partial charge in [0.25, 0.3) is 5.91 Å². The molecule has 1 N–H and O–H groups in total. The van der Waals surface area contributed by atoms with Gasteiger partial charge in [0.15, 0.2) is 0 Å². The van der Waals surface area contributed by atoms with Gasteiger partial charge in [0.2, 0.25) is 0 Å². The number of carbonyl (C=O) groups excluding carboxylic acids is 1. The van der Waals surface area contributed by atoms with E-state index >= 15 is 0 Å². The highest BCUT2D eigenvalue weighted by Gasteiger charge is 2.14. The lowest BCUT2D eigenvalue weighted by atomic mass is 10.1. The third-order valence-corrected chi connectivity index (χ3v) is 3.42. The Morgan fingerprint density at radius 3 is 2.90 bits per heavy atom. The zero-order valence-electron chi connectivity index (χ0n) is 10.5. The molecule has 1 amide bonds. The molecule has 21 heavy (non-hydrogen) atoms. The minimum Gasteiger partial charge on any atom is -0.320 e. The zero-order chi connectivity index (χ0) is 14.8. The number of benzene rings is 2. The standard InChI is InChI=1S/C14H7FN4OS/c15-10-6-8(7-16)4-5-9(10)14(20)17-11-2-1-3-12-13(11)19-21-18-12/h1-6H,(H,17,20). The van der Waals surface area contributed by atoms with E-state index in [0.29, 0.717) is 16.7 Å². The van der Waals surface area contributed by atoms with E-state index < -0.39 is 11.7 Å². The maximum atomic E-state index is 13.8. The number of anilines is 1. The molecule has 0 atom stereocenters. The number of carbonyl (C=O) groups is 1. The third kappa shape index (κ3) is 2.44. The van der Waals surface area contributed by atoms with Crippen LogP contribution in [-0.4, -0.2) is 14.7 Å². The van der Waals surface area contributed by atoms with Gasteiger partial charge in [-0.1, -0.05) is 6.07 Å². The summed E-state index contributed by atoms with van der Waals surface area (Å²) in [6.45, 7) is 0. The van der Waals surface area contributed by atoms with Crippen molar-refractivity contribution in [2.24, 2.45) is 0 Å². The van der Waals surface area contributed by atoms with Gasteiger partial charge in [0, 0.05) is 0 Å². The van der Waals surface area contributed by atoms with E-state index in [9.17, 15) is 9.18 Å². The fourth-order valence-electron chi connectivity index (χ4n) is 1.87. The van der Waals surface area contributed by atoms with Crippen LogP contribution in [0.5, 0.6) is 0 Å². The lowest BCUT2D eigenvalue weighted by Crippen LogP contribution is -2.14. The lowest BCUT2D eigenvalue weighted by Gasteiger charge is -2.06. The van der Waals surface area contributed by atoms with Crippen LogP contribution in [-0.2, 0) is 0 Å². The van der Waals surface area contributed by atoms with E-state index in [1.807, 2.05) is 6.07 Å². The molecule has 0 bridgehead atoms. The number of hydrogen-bond donors (Lipinski definition) is 1. The van der Waals surface area contributed by atoms with Crippen LogP contribution in [0.3, 0.4) is 0 Å². The Hall–Kier alpha value is -2.85. The van der Waals surface area contributed by atoms with Crippen molar-refractivity contribution in [3.63, 3.8) is 0 Å². The Kier molecular flexibility index (Phi) is 3.30. The third-order valence-electron chi connectivity index (χ3n) is 2.88. The summed E-state index contributed by atoms with van der Waals surface area (Å²) in [5.74, 6) is -1.34. The van der Waals surface area contributed by atoms with Gasteiger partial charge in [0.05, 0.1) is 34.6 Å². The van der Waals surface area contributed by atoms with Crippen molar-refractivity contribution < 1.29 is 9.18 Å². The fraction of sp³-hybridized carbons (Fsp3) is 0. The van der Waals surface area contributed by atoms with Crippen molar-refractivity contribution >= 4 is 34.4 Å². The van der Waals surface area contributed by atoms with Gasteiger partial charge >= 0.3 is 0 Å². The molecular weight excluding hydrogens is 291 g/mol. The van der Waals surface area contributed by atoms with Gasteiger partial charge in [-0.3, -0.25) is 4.79 Å². The molecule has 0 spiro atoms. The monoisotopic (exact) mass is 298 g/mol. The molecule has 1 aromatic heterocycles. The predicted octanol–water partition coefficient (Wildman–Crippen LogP) is 2.95. The molecule has 7 heteroatoms. The van der Waals surface area contributed by atoms with Gasteiger partial charge in [-0.15, -0.1) is 0 Å². The summed E-state index contributed by atoms with van der Waals surface area (Å²) in [7, 11) is 0. The van der Waals surface area contributed by atoms with Crippen molar-refractivity contribution in [1.82, 2.24) is 8.75 Å². The summed E-state index contributed by atoms with van der Waals surface area (Å²) < 4.78 is 22.0. The first-order chi connectivity index (χ1) is 10.2. The second-order valence-corrected chi connectivity index (χ2v) is 4.73. The quantitative estimate of drug-likeness (QED) is 0.789. The Labute approximate surface area is 123 Å². The molecule has 0 aliphatic rings. The average molecular weight is 298 g/mol. The van der Waals surface area contributed by atoms with E-state index in [-0.39, 0.29) is 11.1 Å². The maximum Gasteiger partial charge on any atom is 0.258 e. The van der Waals surface area contributed by atoms with Crippen molar-refractivity contribution in [2.75, 3.05) is 5.32 Å². The molecule has 3 aromatic rings. The predicted molar refractivity (Wildman–Crippen MR) is 76.5 cm³/mol. The number of rotatable bonds is 2. The molecule has 0 saturated carbocycles. The van der Waals surface area contributed by atoms with Crippen molar-refractivity contribution in [2.45, 2.75) is 0 Å². The van der Waals surface area contributed by atoms with E-state index in [1.54, 1.807) is 18.2 Å². The Bertz CT molecular complexity index is 884. The molecule has 0 aliphatic heterocycles. The first-order valence-corrected chi connectivity index (χ1v) is 6.64. The van der Waals surface area contributed by atoms with Crippen LogP contribution < -0.4 is 5.32 Å². The number of nitriles is 1. The number of amides is 1. The highest BCUT2D eigenvalue weighted by molar-refractivity contribution is 7.00. The van der Waals surface area contributed by atoms with E-state index in [0.717, 1.165) is 17.8 Å². The molecular formula is C14H7FN4OS. The second-order valence-electron chi connectivity index (χ2n) is 4.20. The van der Waals surface area contributed by atoms with Gasteiger partial charge in [0.1, 0.15) is 16.9 Å². The SMILES string of the molecule is N#Cc1ccc(C(=O)Nc2cccc3nsnc23)c(F)c1. The summed E-state index contributed by atoms with van der Waals surface area (Å²) in [4.78, 5) is 12.1. The van der Waals surface area contributed by atoms with Crippen molar-refractivity contribution in [3.05, 3.63) is 53.3 Å². The molecule has 1 heterocycles. The Balaban J connectivity index is 1.93. The molecule has 0 fully saturated rings. The highest BCUT2D eigenvalue weighted by Crippen LogP contribution is 2.22. The largest absolute Gasteiger partial charge is 0.320 e. The molecule has 0 unspecified atom stereocenters. The number of fused-ring (bicyclic) bond motifs is 1. The molecule has 3 rings (SSSR count). The molecule has 5 nitrogen and oxygen atoms in total. The van der Waals surface area contributed by atoms with Crippen LogP contribution in [0.25, 0.3) is 11.0 Å². The van der Waals surface area contributed by atoms with Crippen molar-refractivity contribution in [1.29, 1.82) is 5.26 Å². The molecule has 102 valence electrons. The normalized spacial score (nSPS) is 10.3. The van der Waals surface area contributed by atoms with Gasteiger partial charge in [-0.05, 0) is 30.3 Å². The van der Waals surface area contributed by atoms with Crippen LogP contribution in [0.15, 0.2) is 36.4 Å². The van der Waals surface area contributed by atoms with Crippen LogP contribution in [0, 0.1) is 17.1 Å². The number of aromatic nitrogens is 2. The summed E-state index contributed by atoms with van der Waals surface area (Å²) in [6, 6.07) is 10.7. The molecule has 0 saturated heterocycles. The number of halogens is 1. The molecule has 0 radical (unpaired) electrons. The average Bonchev–Trinajstić information content (AvgIpc) is 2.96. The first-order valence-electron chi connectivity index (χ1n) is 5.91.